The monoisotopic (exact) mass is 389 g/mol. The number of anilines is 2. The Kier molecular flexibility index (Phi) is 5.77. The van der Waals surface area contributed by atoms with Gasteiger partial charge in [0.2, 0.25) is 11.7 Å². The highest BCUT2D eigenvalue weighted by atomic mass is 19.2. The van der Waals surface area contributed by atoms with Crippen molar-refractivity contribution in [1.82, 2.24) is 5.32 Å². The summed E-state index contributed by atoms with van der Waals surface area (Å²) in [6, 6.07) is 9.11. The second-order valence-electron chi connectivity index (χ2n) is 6.56. The lowest BCUT2D eigenvalue weighted by Gasteiger charge is -2.22. The smallest absolute Gasteiger partial charge is 0.319 e. The molecular weight excluding hydrogens is 368 g/mol. The molecule has 1 fully saturated rings. The largest absolute Gasteiger partial charge is 0.494 e. The minimum atomic E-state index is -1.09. The minimum absolute atomic E-state index is 0.00494. The Labute approximate surface area is 161 Å². The zero-order chi connectivity index (χ0) is 20.3. The number of ether oxygens (including phenoxy) is 1. The molecule has 6 nitrogen and oxygen atoms in total. The Bertz CT molecular complexity index is 887. The standard InChI is InChI=1S/C20H21F2N3O3/c1-12-3-10-17(26)25(12)15-7-5-14(6-8-15)24-20(27)23-11-13-4-9-16(28-2)19(22)18(13)21/h4-9,12H,3,10-11H2,1-2H3,(H2,23,24,27). The molecule has 28 heavy (non-hydrogen) atoms. The van der Waals surface area contributed by atoms with E-state index in [4.69, 9.17) is 4.74 Å². The van der Waals surface area contributed by atoms with Crippen LogP contribution in [0, 0.1) is 11.6 Å². The fourth-order valence-electron chi connectivity index (χ4n) is 3.15. The fourth-order valence-corrected chi connectivity index (χ4v) is 3.15. The van der Waals surface area contributed by atoms with Crippen molar-refractivity contribution in [3.8, 4) is 5.75 Å². The first-order chi connectivity index (χ1) is 13.4. The van der Waals surface area contributed by atoms with Gasteiger partial charge in [0, 0.05) is 35.9 Å². The van der Waals surface area contributed by atoms with Crippen molar-refractivity contribution in [2.45, 2.75) is 32.4 Å². The number of nitrogens with zero attached hydrogens (tertiary/aromatic N) is 1. The molecule has 2 aromatic rings. The number of nitrogens with one attached hydrogen (secondary N) is 2. The number of hydrogen-bond acceptors (Lipinski definition) is 3. The molecule has 1 saturated heterocycles. The van der Waals surface area contributed by atoms with Crippen LogP contribution in [0.3, 0.4) is 0 Å². The molecule has 3 rings (SSSR count). The predicted molar refractivity (Wildman–Crippen MR) is 101 cm³/mol. The van der Waals surface area contributed by atoms with Crippen molar-refractivity contribution in [2.24, 2.45) is 0 Å². The van der Waals surface area contributed by atoms with E-state index in [1.165, 1.54) is 19.2 Å². The number of benzene rings is 2. The van der Waals surface area contributed by atoms with Gasteiger partial charge in [-0.05, 0) is 43.7 Å². The molecule has 1 aliphatic rings. The van der Waals surface area contributed by atoms with Crippen LogP contribution in [0.5, 0.6) is 5.75 Å². The number of halogens is 2. The van der Waals surface area contributed by atoms with E-state index in [0.717, 1.165) is 12.1 Å². The number of urea groups is 1. The highest BCUT2D eigenvalue weighted by Crippen LogP contribution is 2.27. The maximum atomic E-state index is 13.9. The van der Waals surface area contributed by atoms with E-state index in [2.05, 4.69) is 10.6 Å². The summed E-state index contributed by atoms with van der Waals surface area (Å²) in [6.07, 6.45) is 1.36. The average molecular weight is 389 g/mol. The normalized spacial score (nSPS) is 16.2. The van der Waals surface area contributed by atoms with Crippen LogP contribution < -0.4 is 20.3 Å². The number of amides is 3. The molecule has 1 unspecified atom stereocenters. The van der Waals surface area contributed by atoms with E-state index in [1.807, 2.05) is 6.92 Å². The third-order valence-electron chi connectivity index (χ3n) is 4.67. The van der Waals surface area contributed by atoms with Crippen LogP contribution >= 0.6 is 0 Å². The van der Waals surface area contributed by atoms with E-state index < -0.39 is 17.7 Å². The number of hydrogen-bond donors (Lipinski definition) is 2. The summed E-state index contributed by atoms with van der Waals surface area (Å²) in [6.45, 7) is 1.81. The van der Waals surface area contributed by atoms with Gasteiger partial charge in [-0.3, -0.25) is 4.79 Å². The van der Waals surface area contributed by atoms with Gasteiger partial charge in [-0.15, -0.1) is 0 Å². The Morgan fingerprint density at radius 1 is 1.18 bits per heavy atom. The fraction of sp³-hybridized carbons (Fsp3) is 0.300. The summed E-state index contributed by atoms with van der Waals surface area (Å²) in [5.74, 6) is -2.27. The summed E-state index contributed by atoms with van der Waals surface area (Å²) >= 11 is 0. The van der Waals surface area contributed by atoms with Gasteiger partial charge < -0.3 is 20.3 Å². The summed E-state index contributed by atoms with van der Waals surface area (Å²) < 4.78 is 32.3. The molecular formula is C20H21F2N3O3. The third-order valence-corrected chi connectivity index (χ3v) is 4.67. The average Bonchev–Trinajstić information content (AvgIpc) is 3.02. The van der Waals surface area contributed by atoms with Gasteiger partial charge in [0.1, 0.15) is 0 Å². The van der Waals surface area contributed by atoms with E-state index in [-0.39, 0.29) is 29.8 Å². The van der Waals surface area contributed by atoms with Gasteiger partial charge in [-0.2, -0.15) is 4.39 Å². The quantitative estimate of drug-likeness (QED) is 0.817. The van der Waals surface area contributed by atoms with Crippen LogP contribution in [0.1, 0.15) is 25.3 Å². The molecule has 0 bridgehead atoms. The van der Waals surface area contributed by atoms with Gasteiger partial charge >= 0.3 is 6.03 Å². The topological polar surface area (TPSA) is 70.7 Å². The van der Waals surface area contributed by atoms with Gasteiger partial charge in [0.25, 0.3) is 0 Å². The van der Waals surface area contributed by atoms with Gasteiger partial charge in [-0.1, -0.05) is 6.07 Å². The first-order valence-electron chi connectivity index (χ1n) is 8.88. The summed E-state index contributed by atoms with van der Waals surface area (Å²) in [7, 11) is 1.24. The van der Waals surface area contributed by atoms with Crippen LogP contribution in [-0.2, 0) is 11.3 Å². The molecule has 0 radical (unpaired) electrons. The molecule has 0 saturated carbocycles. The van der Waals surface area contributed by atoms with Crippen LogP contribution in [0.2, 0.25) is 0 Å². The molecule has 1 aliphatic heterocycles. The van der Waals surface area contributed by atoms with Crippen LogP contribution in [-0.4, -0.2) is 25.1 Å². The van der Waals surface area contributed by atoms with Crippen molar-refractivity contribution in [1.29, 1.82) is 0 Å². The van der Waals surface area contributed by atoms with Crippen LogP contribution in [0.15, 0.2) is 36.4 Å². The molecule has 2 N–H and O–H groups in total. The molecule has 1 atom stereocenters. The van der Waals surface area contributed by atoms with Crippen LogP contribution in [0.4, 0.5) is 25.0 Å². The molecule has 0 aliphatic carbocycles. The molecule has 1 heterocycles. The highest BCUT2D eigenvalue weighted by molar-refractivity contribution is 5.96. The van der Waals surface area contributed by atoms with Crippen molar-refractivity contribution >= 4 is 23.3 Å². The molecule has 2 aromatic carbocycles. The SMILES string of the molecule is COc1ccc(CNC(=O)Nc2ccc(N3C(=O)CCC3C)cc2)c(F)c1F. The molecule has 148 valence electrons. The van der Waals surface area contributed by atoms with Crippen molar-refractivity contribution in [3.63, 3.8) is 0 Å². The Balaban J connectivity index is 1.58. The molecule has 3 amide bonds. The van der Waals surface area contributed by atoms with Crippen molar-refractivity contribution in [3.05, 3.63) is 53.6 Å². The van der Waals surface area contributed by atoms with Crippen LogP contribution in [0.25, 0.3) is 0 Å². The summed E-state index contributed by atoms with van der Waals surface area (Å²) in [4.78, 5) is 25.7. The third kappa shape index (κ3) is 4.05. The Morgan fingerprint density at radius 3 is 2.50 bits per heavy atom. The maximum absolute atomic E-state index is 13.9. The number of rotatable bonds is 5. The van der Waals surface area contributed by atoms with Crippen molar-refractivity contribution in [2.75, 3.05) is 17.3 Å². The second kappa shape index (κ2) is 8.24. The summed E-state index contributed by atoms with van der Waals surface area (Å²) in [5.41, 5.74) is 1.30. The number of carbonyl (C=O) groups excluding carboxylic acids is 2. The minimum Gasteiger partial charge on any atom is -0.494 e. The van der Waals surface area contributed by atoms with E-state index in [0.29, 0.717) is 12.1 Å². The molecule has 0 aromatic heterocycles. The highest BCUT2D eigenvalue weighted by Gasteiger charge is 2.28. The van der Waals surface area contributed by atoms with E-state index in [9.17, 15) is 18.4 Å². The molecule has 8 heteroatoms. The Hall–Kier alpha value is -3.16. The van der Waals surface area contributed by atoms with Crippen molar-refractivity contribution < 1.29 is 23.1 Å². The molecule has 0 spiro atoms. The lowest BCUT2D eigenvalue weighted by molar-refractivity contribution is -0.117. The zero-order valence-corrected chi connectivity index (χ0v) is 15.6. The lowest BCUT2D eigenvalue weighted by Crippen LogP contribution is -2.30. The number of carbonyl (C=O) groups is 2. The number of methoxy groups -OCH3 is 1. The summed E-state index contributed by atoms with van der Waals surface area (Å²) in [5, 5.41) is 5.09. The van der Waals surface area contributed by atoms with E-state index in [1.54, 1.807) is 29.2 Å². The first-order valence-corrected chi connectivity index (χ1v) is 8.88. The van der Waals surface area contributed by atoms with Gasteiger partial charge in [0.05, 0.1) is 7.11 Å². The van der Waals surface area contributed by atoms with E-state index >= 15 is 0 Å². The lowest BCUT2D eigenvalue weighted by atomic mass is 10.2. The Morgan fingerprint density at radius 2 is 1.89 bits per heavy atom. The maximum Gasteiger partial charge on any atom is 0.319 e. The van der Waals surface area contributed by atoms with Gasteiger partial charge in [-0.25, -0.2) is 9.18 Å². The van der Waals surface area contributed by atoms with Gasteiger partial charge in [0.15, 0.2) is 11.6 Å². The predicted octanol–water partition coefficient (Wildman–Crippen LogP) is 3.81. The second-order valence-corrected chi connectivity index (χ2v) is 6.56. The zero-order valence-electron chi connectivity index (χ0n) is 15.6. The first kappa shape index (κ1) is 19.6.